The van der Waals surface area contributed by atoms with Crippen molar-refractivity contribution in [1.29, 1.82) is 5.26 Å². The molecule has 0 atom stereocenters. The maximum absolute atomic E-state index is 13.0. The summed E-state index contributed by atoms with van der Waals surface area (Å²) in [5.74, 6) is -0.979. The zero-order chi connectivity index (χ0) is 22.9. The molecule has 0 saturated carbocycles. The van der Waals surface area contributed by atoms with E-state index in [1.165, 1.54) is 0 Å². The van der Waals surface area contributed by atoms with Gasteiger partial charge in [-0.25, -0.2) is 0 Å². The molecule has 1 N–H and O–H groups in total. The van der Waals surface area contributed by atoms with Gasteiger partial charge < -0.3 is 14.9 Å². The lowest BCUT2D eigenvalue weighted by molar-refractivity contribution is -0.140. The van der Waals surface area contributed by atoms with E-state index in [9.17, 15) is 19.6 Å². The summed E-state index contributed by atoms with van der Waals surface area (Å²) in [5.41, 5.74) is 0.784. The maximum atomic E-state index is 13.0. The number of hydrogen-bond acceptors (Lipinski definition) is 8. The molecule has 1 amide bonds. The molecule has 2 fully saturated rings. The van der Waals surface area contributed by atoms with Crippen molar-refractivity contribution < 1.29 is 14.7 Å². The van der Waals surface area contributed by atoms with Crippen molar-refractivity contribution in [2.75, 3.05) is 44.7 Å². The molecular formula is C20H23N5O4S2. The van der Waals surface area contributed by atoms with E-state index in [1.807, 2.05) is 20.0 Å². The van der Waals surface area contributed by atoms with Gasteiger partial charge in [0, 0.05) is 38.3 Å². The minimum absolute atomic E-state index is 0.0343. The lowest BCUT2D eigenvalue weighted by Gasteiger charge is -2.36. The molecule has 0 aliphatic carbocycles. The number of hydrogen-bond donors (Lipinski definition) is 1. The number of likely N-dealkylation sites (N-methyl/N-ethyl adjacent to an activating group) is 1. The first-order valence-corrected chi connectivity index (χ1v) is 11.0. The number of anilines is 1. The third-order valence-corrected chi connectivity index (χ3v) is 6.79. The highest BCUT2D eigenvalue weighted by molar-refractivity contribution is 8.26. The average molecular weight is 462 g/mol. The molecule has 2 aliphatic rings. The molecule has 3 rings (SSSR count). The van der Waals surface area contributed by atoms with Crippen LogP contribution in [0, 0.1) is 18.3 Å². The Balaban J connectivity index is 2.19. The van der Waals surface area contributed by atoms with Gasteiger partial charge in [0.2, 0.25) is 0 Å². The van der Waals surface area contributed by atoms with E-state index in [2.05, 4.69) is 9.80 Å². The average Bonchev–Trinajstić information content (AvgIpc) is 2.98. The largest absolute Gasteiger partial charge is 0.480 e. The molecule has 31 heavy (non-hydrogen) atoms. The Bertz CT molecular complexity index is 1080. The third kappa shape index (κ3) is 4.37. The number of piperazine rings is 1. The number of carbonyl (C=O) groups excluding carboxylic acids is 1. The van der Waals surface area contributed by atoms with E-state index in [0.717, 1.165) is 29.8 Å². The summed E-state index contributed by atoms with van der Waals surface area (Å²) in [5, 5.41) is 18.7. The minimum Gasteiger partial charge on any atom is -0.480 e. The molecular weight excluding hydrogens is 438 g/mol. The maximum Gasteiger partial charge on any atom is 0.323 e. The summed E-state index contributed by atoms with van der Waals surface area (Å²) in [6, 6.07) is 2.00. The molecule has 0 spiro atoms. The summed E-state index contributed by atoms with van der Waals surface area (Å²) >= 11 is 6.21. The number of pyridine rings is 1. The van der Waals surface area contributed by atoms with Gasteiger partial charge in [0.15, 0.2) is 0 Å². The number of thiocarbonyl (C=S) groups is 1. The van der Waals surface area contributed by atoms with Crippen LogP contribution >= 0.6 is 24.0 Å². The lowest BCUT2D eigenvalue weighted by Crippen LogP contribution is -2.47. The molecule has 2 aliphatic heterocycles. The Hall–Kier alpha value is -2.68. The molecule has 2 saturated heterocycles. The van der Waals surface area contributed by atoms with Crippen LogP contribution in [0.2, 0.25) is 0 Å². The number of carboxylic acid groups (broad SMARTS) is 1. The van der Waals surface area contributed by atoms with Crippen molar-refractivity contribution in [2.45, 2.75) is 20.4 Å². The fourth-order valence-electron chi connectivity index (χ4n) is 3.70. The highest BCUT2D eigenvalue weighted by Crippen LogP contribution is 2.35. The Morgan fingerprint density at radius 3 is 2.48 bits per heavy atom. The van der Waals surface area contributed by atoms with Gasteiger partial charge in [0.1, 0.15) is 28.3 Å². The molecule has 0 aromatic carbocycles. The first-order chi connectivity index (χ1) is 14.7. The van der Waals surface area contributed by atoms with Crippen molar-refractivity contribution in [1.82, 2.24) is 14.4 Å². The van der Waals surface area contributed by atoms with Gasteiger partial charge in [0.05, 0.1) is 4.91 Å². The minimum atomic E-state index is -1.15. The van der Waals surface area contributed by atoms with E-state index >= 15 is 0 Å². The van der Waals surface area contributed by atoms with Crippen LogP contribution in [0.15, 0.2) is 9.70 Å². The van der Waals surface area contributed by atoms with Gasteiger partial charge >= 0.3 is 5.97 Å². The molecule has 164 valence electrons. The van der Waals surface area contributed by atoms with E-state index < -0.39 is 18.4 Å². The second kappa shape index (κ2) is 9.21. The summed E-state index contributed by atoms with van der Waals surface area (Å²) in [7, 11) is 2.03. The fourth-order valence-corrected chi connectivity index (χ4v) is 4.94. The van der Waals surface area contributed by atoms with Gasteiger partial charge in [-0.15, -0.1) is 0 Å². The number of nitriles is 1. The Labute approximate surface area is 189 Å². The quantitative estimate of drug-likeness (QED) is 0.509. The monoisotopic (exact) mass is 461 g/mol. The topological polar surface area (TPSA) is 110 Å². The zero-order valence-corrected chi connectivity index (χ0v) is 19.2. The SMILES string of the molecule is CCn1c(N2CCN(C)CC2)c(/C=C2/SC(=S)N(CC(=O)O)C2=O)c(C)c(C#N)c1=O. The van der Waals surface area contributed by atoms with Crippen LogP contribution in [0.5, 0.6) is 0 Å². The highest BCUT2D eigenvalue weighted by atomic mass is 32.2. The number of aliphatic carboxylic acids is 1. The summed E-state index contributed by atoms with van der Waals surface area (Å²) in [6.45, 7) is 6.43. The number of amides is 1. The number of thioether (sulfide) groups is 1. The molecule has 0 unspecified atom stereocenters. The van der Waals surface area contributed by atoms with Gasteiger partial charge in [-0.05, 0) is 32.5 Å². The van der Waals surface area contributed by atoms with Gasteiger partial charge in [-0.3, -0.25) is 23.9 Å². The second-order valence-corrected chi connectivity index (χ2v) is 9.03. The smallest absolute Gasteiger partial charge is 0.323 e. The summed E-state index contributed by atoms with van der Waals surface area (Å²) in [6.07, 6.45) is 1.64. The standard InChI is InChI=1S/C20H23N5O4S2/c1-4-24-17(23-7-5-22(3)6-8-23)13(12(2)14(10-21)18(24)28)9-15-19(29)25(11-16(26)27)20(30)31-15/h9H,4-8,11H2,1-3H3,(H,26,27)/b15-9+. The van der Waals surface area contributed by atoms with Gasteiger partial charge in [-0.1, -0.05) is 24.0 Å². The normalized spacial score (nSPS) is 18.7. The van der Waals surface area contributed by atoms with Crippen molar-refractivity contribution >= 4 is 52.1 Å². The van der Waals surface area contributed by atoms with Gasteiger partial charge in [-0.2, -0.15) is 5.26 Å². The summed E-state index contributed by atoms with van der Waals surface area (Å²) in [4.78, 5) is 42.5. The Morgan fingerprint density at radius 1 is 1.29 bits per heavy atom. The van der Waals surface area contributed by atoms with Crippen molar-refractivity contribution in [3.05, 3.63) is 31.9 Å². The highest BCUT2D eigenvalue weighted by Gasteiger charge is 2.34. The van der Waals surface area contributed by atoms with Crippen LogP contribution in [0.25, 0.3) is 6.08 Å². The van der Waals surface area contributed by atoms with E-state index in [1.54, 1.807) is 17.6 Å². The van der Waals surface area contributed by atoms with E-state index in [0.29, 0.717) is 36.6 Å². The Kier molecular flexibility index (Phi) is 6.83. The van der Waals surface area contributed by atoms with Crippen LogP contribution in [0.3, 0.4) is 0 Å². The molecule has 0 bridgehead atoms. The summed E-state index contributed by atoms with van der Waals surface area (Å²) < 4.78 is 1.74. The molecule has 3 heterocycles. The van der Waals surface area contributed by atoms with E-state index in [-0.39, 0.29) is 20.3 Å². The van der Waals surface area contributed by atoms with E-state index in [4.69, 9.17) is 17.3 Å². The number of carbonyl (C=O) groups is 2. The van der Waals surface area contributed by atoms with Crippen LogP contribution in [-0.4, -0.2) is 75.4 Å². The zero-order valence-electron chi connectivity index (χ0n) is 17.5. The number of rotatable bonds is 5. The molecule has 1 aromatic heterocycles. The molecule has 9 nitrogen and oxygen atoms in total. The van der Waals surface area contributed by atoms with Crippen LogP contribution in [-0.2, 0) is 16.1 Å². The first-order valence-electron chi connectivity index (χ1n) is 9.77. The number of carboxylic acids is 1. The molecule has 0 radical (unpaired) electrons. The van der Waals surface area contributed by atoms with Crippen LogP contribution in [0.1, 0.15) is 23.6 Å². The predicted octanol–water partition coefficient (Wildman–Crippen LogP) is 1.09. The fraction of sp³-hybridized carbons (Fsp3) is 0.450. The molecule has 11 heteroatoms. The third-order valence-electron chi connectivity index (χ3n) is 5.41. The van der Waals surface area contributed by atoms with Crippen molar-refractivity contribution in [2.24, 2.45) is 0 Å². The molecule has 1 aromatic rings. The van der Waals surface area contributed by atoms with Gasteiger partial charge in [0.25, 0.3) is 11.5 Å². The second-order valence-electron chi connectivity index (χ2n) is 7.35. The van der Waals surface area contributed by atoms with Crippen molar-refractivity contribution in [3.63, 3.8) is 0 Å². The Morgan fingerprint density at radius 2 is 1.94 bits per heavy atom. The van der Waals surface area contributed by atoms with Crippen LogP contribution in [0.4, 0.5) is 5.82 Å². The predicted molar refractivity (Wildman–Crippen MR) is 123 cm³/mol. The van der Waals surface area contributed by atoms with Crippen LogP contribution < -0.4 is 10.5 Å². The number of nitrogens with zero attached hydrogens (tertiary/aromatic N) is 5. The lowest BCUT2D eigenvalue weighted by atomic mass is 10.0. The first kappa shape index (κ1) is 23.0. The van der Waals surface area contributed by atoms with Crippen molar-refractivity contribution in [3.8, 4) is 6.07 Å². The number of aromatic nitrogens is 1.